The van der Waals surface area contributed by atoms with E-state index < -0.39 is 5.97 Å². The number of nitrogens with one attached hydrogen (secondary N) is 1. The third-order valence-electron chi connectivity index (χ3n) is 6.61. The second-order valence-corrected chi connectivity index (χ2v) is 8.69. The van der Waals surface area contributed by atoms with E-state index in [1.54, 1.807) is 26.4 Å². The van der Waals surface area contributed by atoms with E-state index in [9.17, 15) is 4.79 Å². The molecule has 6 heteroatoms. The van der Waals surface area contributed by atoms with E-state index in [2.05, 4.69) is 22.3 Å². The van der Waals surface area contributed by atoms with Crippen LogP contribution in [0.15, 0.2) is 42.5 Å². The number of carbonyl (C=O) groups is 1. The molecule has 1 aliphatic carbocycles. The number of ether oxygens (including phenoxy) is 2. The Morgan fingerprint density at radius 3 is 2.42 bits per heavy atom. The van der Waals surface area contributed by atoms with Gasteiger partial charge in [0.25, 0.3) is 0 Å². The lowest BCUT2D eigenvalue weighted by Crippen LogP contribution is -2.37. The Balaban J connectivity index is 1.19. The van der Waals surface area contributed by atoms with Crippen molar-refractivity contribution in [3.63, 3.8) is 0 Å². The molecule has 2 aromatic carbocycles. The van der Waals surface area contributed by atoms with E-state index in [-0.39, 0.29) is 0 Å². The van der Waals surface area contributed by atoms with Crippen molar-refractivity contribution in [2.45, 2.75) is 37.8 Å². The molecule has 1 heterocycles. The summed E-state index contributed by atoms with van der Waals surface area (Å²) in [4.78, 5) is 13.4. The van der Waals surface area contributed by atoms with Gasteiger partial charge >= 0.3 is 5.97 Å². The highest BCUT2D eigenvalue weighted by atomic mass is 16.5. The topological polar surface area (TPSA) is 71.0 Å². The molecule has 1 saturated heterocycles. The maximum Gasteiger partial charge on any atom is 0.335 e. The van der Waals surface area contributed by atoms with Crippen molar-refractivity contribution >= 4 is 5.97 Å². The number of hydrogen-bond donors (Lipinski definition) is 2. The van der Waals surface area contributed by atoms with Gasteiger partial charge in [-0.1, -0.05) is 18.2 Å². The largest absolute Gasteiger partial charge is 0.493 e. The Bertz CT molecular complexity index is 891. The predicted molar refractivity (Wildman–Crippen MR) is 120 cm³/mol. The van der Waals surface area contributed by atoms with Gasteiger partial charge in [0.15, 0.2) is 11.5 Å². The van der Waals surface area contributed by atoms with Gasteiger partial charge in [0.2, 0.25) is 0 Å². The van der Waals surface area contributed by atoms with Gasteiger partial charge in [-0.3, -0.25) is 4.90 Å². The summed E-state index contributed by atoms with van der Waals surface area (Å²) in [5.41, 5.74) is 2.84. The van der Waals surface area contributed by atoms with E-state index >= 15 is 0 Å². The van der Waals surface area contributed by atoms with Gasteiger partial charge < -0.3 is 19.9 Å². The fraction of sp³-hybridized carbons (Fsp3) is 0.480. The van der Waals surface area contributed by atoms with Crippen LogP contribution in [0.4, 0.5) is 0 Å². The molecular weight excluding hydrogens is 392 g/mol. The molecule has 166 valence electrons. The normalized spacial score (nSPS) is 21.6. The smallest absolute Gasteiger partial charge is 0.335 e. The zero-order valence-corrected chi connectivity index (χ0v) is 18.3. The van der Waals surface area contributed by atoms with Crippen molar-refractivity contribution in [2.24, 2.45) is 5.92 Å². The van der Waals surface area contributed by atoms with Gasteiger partial charge in [-0.15, -0.1) is 0 Å². The predicted octanol–water partition coefficient (Wildman–Crippen LogP) is 3.76. The standard InChI is InChI=1S/C25H32N2O4/c1-30-23-8-7-20(13-24(23)31-2)21-14-22(21)26-15-17-9-11-27(12-10-17)16-18-3-5-19(6-4-18)25(28)29/h3-8,13,17,21-22,26H,9-12,14-16H2,1-2H3,(H,28,29). The highest BCUT2D eigenvalue weighted by Gasteiger charge is 2.38. The number of aromatic carboxylic acids is 1. The number of carboxylic acids is 1. The Labute approximate surface area is 184 Å². The highest BCUT2D eigenvalue weighted by molar-refractivity contribution is 5.87. The molecular formula is C25H32N2O4. The maximum absolute atomic E-state index is 11.0. The van der Waals surface area contributed by atoms with Crippen LogP contribution < -0.4 is 14.8 Å². The van der Waals surface area contributed by atoms with Crippen LogP contribution in [0.2, 0.25) is 0 Å². The lowest BCUT2D eigenvalue weighted by atomic mass is 9.96. The van der Waals surface area contributed by atoms with Crippen molar-refractivity contribution < 1.29 is 19.4 Å². The van der Waals surface area contributed by atoms with Gasteiger partial charge in [-0.25, -0.2) is 4.79 Å². The molecule has 4 rings (SSSR count). The average molecular weight is 425 g/mol. The van der Waals surface area contributed by atoms with Gasteiger partial charge in [0.05, 0.1) is 19.8 Å². The minimum Gasteiger partial charge on any atom is -0.493 e. The number of nitrogens with zero attached hydrogens (tertiary/aromatic N) is 1. The monoisotopic (exact) mass is 424 g/mol. The van der Waals surface area contributed by atoms with Gasteiger partial charge in [-0.2, -0.15) is 0 Å². The molecule has 0 bridgehead atoms. The number of rotatable bonds is 9. The minimum atomic E-state index is -0.871. The first-order chi connectivity index (χ1) is 15.1. The Morgan fingerprint density at radius 1 is 1.06 bits per heavy atom. The second-order valence-electron chi connectivity index (χ2n) is 8.69. The fourth-order valence-corrected chi connectivity index (χ4v) is 4.55. The van der Waals surface area contributed by atoms with E-state index in [0.29, 0.717) is 17.5 Å². The third-order valence-corrected chi connectivity index (χ3v) is 6.61. The molecule has 2 N–H and O–H groups in total. The van der Waals surface area contributed by atoms with Gasteiger partial charge in [0, 0.05) is 18.5 Å². The maximum atomic E-state index is 11.0. The quantitative estimate of drug-likeness (QED) is 0.639. The molecule has 6 nitrogen and oxygen atoms in total. The van der Waals surface area contributed by atoms with Crippen molar-refractivity contribution in [2.75, 3.05) is 33.9 Å². The van der Waals surface area contributed by atoms with Crippen molar-refractivity contribution in [1.82, 2.24) is 10.2 Å². The number of piperidine rings is 1. The van der Waals surface area contributed by atoms with Crippen LogP contribution in [0, 0.1) is 5.92 Å². The number of likely N-dealkylation sites (tertiary alicyclic amines) is 1. The first-order valence-electron chi connectivity index (χ1n) is 11.1. The Hall–Kier alpha value is -2.57. The zero-order chi connectivity index (χ0) is 21.8. The molecule has 2 aromatic rings. The molecule has 0 spiro atoms. The molecule has 0 aromatic heterocycles. The number of hydrogen-bond acceptors (Lipinski definition) is 5. The lowest BCUT2D eigenvalue weighted by molar-refractivity contribution is 0.0697. The summed E-state index contributed by atoms with van der Waals surface area (Å²) in [6, 6.07) is 14.1. The van der Waals surface area contributed by atoms with Crippen molar-refractivity contribution in [3.05, 3.63) is 59.2 Å². The molecule has 2 unspecified atom stereocenters. The Morgan fingerprint density at radius 2 is 1.77 bits per heavy atom. The van der Waals surface area contributed by atoms with E-state index in [1.807, 2.05) is 18.2 Å². The Kier molecular flexibility index (Phi) is 6.78. The van der Waals surface area contributed by atoms with E-state index in [4.69, 9.17) is 14.6 Å². The number of methoxy groups -OCH3 is 2. The van der Waals surface area contributed by atoms with Crippen LogP contribution in [0.25, 0.3) is 0 Å². The van der Waals surface area contributed by atoms with Crippen LogP contribution in [0.5, 0.6) is 11.5 Å². The van der Waals surface area contributed by atoms with Crippen LogP contribution in [-0.4, -0.2) is 55.9 Å². The average Bonchev–Trinajstić information content (AvgIpc) is 3.58. The number of carboxylic acid groups (broad SMARTS) is 1. The first kappa shape index (κ1) is 21.7. The summed E-state index contributed by atoms with van der Waals surface area (Å²) in [5.74, 6) is 1.99. The fourth-order valence-electron chi connectivity index (χ4n) is 4.55. The van der Waals surface area contributed by atoms with Crippen LogP contribution in [0.3, 0.4) is 0 Å². The highest BCUT2D eigenvalue weighted by Crippen LogP contribution is 2.43. The van der Waals surface area contributed by atoms with Gasteiger partial charge in [-0.05, 0) is 80.2 Å². The number of benzene rings is 2. The molecule has 0 radical (unpaired) electrons. The molecule has 2 fully saturated rings. The van der Waals surface area contributed by atoms with E-state index in [1.165, 1.54) is 30.4 Å². The lowest BCUT2D eigenvalue weighted by Gasteiger charge is -2.32. The third kappa shape index (κ3) is 5.38. The molecule has 0 amide bonds. The van der Waals surface area contributed by atoms with Crippen molar-refractivity contribution in [3.8, 4) is 11.5 Å². The van der Waals surface area contributed by atoms with Gasteiger partial charge in [0.1, 0.15) is 0 Å². The molecule has 31 heavy (non-hydrogen) atoms. The summed E-state index contributed by atoms with van der Waals surface area (Å²) in [7, 11) is 3.35. The van der Waals surface area contributed by atoms with Crippen LogP contribution in [0.1, 0.15) is 46.7 Å². The van der Waals surface area contributed by atoms with Crippen LogP contribution >= 0.6 is 0 Å². The zero-order valence-electron chi connectivity index (χ0n) is 18.3. The van der Waals surface area contributed by atoms with Crippen molar-refractivity contribution in [1.29, 1.82) is 0 Å². The minimum absolute atomic E-state index is 0.347. The van der Waals surface area contributed by atoms with Crippen LogP contribution in [-0.2, 0) is 6.54 Å². The summed E-state index contributed by atoms with van der Waals surface area (Å²) >= 11 is 0. The SMILES string of the molecule is COc1ccc(C2CC2NCC2CCN(Cc3ccc(C(=O)O)cc3)CC2)cc1OC. The summed E-state index contributed by atoms with van der Waals surface area (Å²) in [6.45, 7) is 4.16. The summed E-state index contributed by atoms with van der Waals surface area (Å²) in [6.07, 6.45) is 3.59. The summed E-state index contributed by atoms with van der Waals surface area (Å²) in [5, 5.41) is 12.8. The summed E-state index contributed by atoms with van der Waals surface area (Å²) < 4.78 is 10.8. The van der Waals surface area contributed by atoms with E-state index in [0.717, 1.165) is 43.6 Å². The molecule has 2 aliphatic rings. The molecule has 1 saturated carbocycles. The second kappa shape index (κ2) is 9.71. The molecule has 2 atom stereocenters. The molecule has 1 aliphatic heterocycles. The first-order valence-corrected chi connectivity index (χ1v) is 11.1.